The summed E-state index contributed by atoms with van der Waals surface area (Å²) < 4.78 is 24.2. The first-order valence-electron chi connectivity index (χ1n) is 4.08. The Morgan fingerprint density at radius 3 is 2.31 bits per heavy atom. The summed E-state index contributed by atoms with van der Waals surface area (Å²) in [6, 6.07) is 2.64. The molecule has 0 bridgehead atoms. The normalized spacial score (nSPS) is 9.38. The highest BCUT2D eigenvalue weighted by Gasteiger charge is 2.05. The highest BCUT2D eigenvalue weighted by molar-refractivity contribution is 5.07. The Morgan fingerprint density at radius 1 is 1.38 bits per heavy atom. The third-order valence-corrected chi connectivity index (χ3v) is 1.31. The molecule has 1 aromatic heterocycles. The van der Waals surface area contributed by atoms with E-state index in [4.69, 9.17) is 0 Å². The number of aromatic nitrogens is 1. The number of hydrogen-bond acceptors (Lipinski definition) is 1. The molecule has 1 rings (SSSR count). The van der Waals surface area contributed by atoms with E-state index in [1.807, 2.05) is 13.8 Å². The summed E-state index contributed by atoms with van der Waals surface area (Å²) in [5.74, 6) is 0. The molecule has 0 atom stereocenters. The largest absolute Gasteiger partial charge is 0.321 e. The summed E-state index contributed by atoms with van der Waals surface area (Å²) in [5.41, 5.74) is 0.0203. The summed E-state index contributed by atoms with van der Waals surface area (Å²) >= 11 is 0. The molecule has 0 aromatic carbocycles. The molecule has 0 aliphatic carbocycles. The molecule has 0 saturated carbocycles. The van der Waals surface area contributed by atoms with Crippen molar-refractivity contribution in [3.05, 3.63) is 34.2 Å². The Labute approximate surface area is 75.8 Å². The smallest absolute Gasteiger partial charge is 0.269 e. The molecule has 4 heteroatoms. The predicted octanol–water partition coefficient (Wildman–Crippen LogP) is 2.58. The average Bonchev–Trinajstić information content (AvgIpc) is 2.07. The van der Waals surface area contributed by atoms with Gasteiger partial charge in [0.25, 0.3) is 5.56 Å². The molecule has 1 aromatic rings. The van der Waals surface area contributed by atoms with E-state index < -0.39 is 12.1 Å². The van der Waals surface area contributed by atoms with Crippen molar-refractivity contribution in [3.63, 3.8) is 0 Å². The number of nitrogens with zero attached hydrogens (tertiary/aromatic N) is 1. The van der Waals surface area contributed by atoms with Crippen molar-refractivity contribution in [2.75, 3.05) is 0 Å². The summed E-state index contributed by atoms with van der Waals surface area (Å²) in [6.07, 6.45) is 1.09. The molecule has 0 saturated heterocycles. The molecule has 0 amide bonds. The molecule has 0 spiro atoms. The van der Waals surface area contributed by atoms with Crippen LogP contribution in [0, 0.1) is 6.92 Å². The molecule has 0 radical (unpaired) electrons. The van der Waals surface area contributed by atoms with Gasteiger partial charge in [0, 0.05) is 12.3 Å². The van der Waals surface area contributed by atoms with Crippen LogP contribution < -0.4 is 5.56 Å². The Morgan fingerprint density at radius 2 is 1.92 bits per heavy atom. The van der Waals surface area contributed by atoms with Crippen LogP contribution in [-0.4, -0.2) is 4.57 Å². The second-order valence-electron chi connectivity index (χ2n) is 2.23. The maximum absolute atomic E-state index is 11.9. The van der Waals surface area contributed by atoms with Gasteiger partial charge >= 0.3 is 6.55 Å². The number of pyridine rings is 1. The number of halogens is 2. The van der Waals surface area contributed by atoms with Crippen LogP contribution >= 0.6 is 0 Å². The molecule has 0 aliphatic heterocycles. The van der Waals surface area contributed by atoms with Crippen LogP contribution in [0.2, 0.25) is 0 Å². The van der Waals surface area contributed by atoms with Gasteiger partial charge in [-0.2, -0.15) is 8.78 Å². The Hall–Kier alpha value is -1.19. The molecule has 0 N–H and O–H groups in total. The SMILES string of the molecule is CC.Cc1ccn(C(F)F)c(=O)c1. The monoisotopic (exact) mass is 189 g/mol. The standard InChI is InChI=1S/C7H7F2NO.C2H6/c1-5-2-3-10(7(8)9)6(11)4-5;1-2/h2-4,7H,1H3;1-2H3. The zero-order chi connectivity index (χ0) is 10.4. The predicted molar refractivity (Wildman–Crippen MR) is 48.0 cm³/mol. The number of aryl methyl sites for hydroxylation is 1. The van der Waals surface area contributed by atoms with E-state index in [2.05, 4.69) is 0 Å². The third-order valence-electron chi connectivity index (χ3n) is 1.31. The zero-order valence-electron chi connectivity index (χ0n) is 7.92. The minimum atomic E-state index is -2.75. The van der Waals surface area contributed by atoms with Crippen LogP contribution in [0.5, 0.6) is 0 Å². The fourth-order valence-electron chi connectivity index (χ4n) is 0.750. The van der Waals surface area contributed by atoms with Crippen molar-refractivity contribution >= 4 is 0 Å². The summed E-state index contributed by atoms with van der Waals surface area (Å²) in [4.78, 5) is 10.8. The Bertz CT molecular complexity index is 307. The van der Waals surface area contributed by atoms with E-state index in [1.54, 1.807) is 6.92 Å². The molecular weight excluding hydrogens is 176 g/mol. The Balaban J connectivity index is 0.000000671. The fourth-order valence-corrected chi connectivity index (χ4v) is 0.750. The van der Waals surface area contributed by atoms with Crippen LogP contribution in [0.3, 0.4) is 0 Å². The van der Waals surface area contributed by atoms with Gasteiger partial charge in [-0.15, -0.1) is 0 Å². The van der Waals surface area contributed by atoms with Crippen molar-refractivity contribution in [1.29, 1.82) is 0 Å². The number of hydrogen-bond donors (Lipinski definition) is 0. The van der Waals surface area contributed by atoms with Gasteiger partial charge in [-0.25, -0.2) is 0 Å². The lowest BCUT2D eigenvalue weighted by Gasteiger charge is -2.02. The van der Waals surface area contributed by atoms with E-state index in [-0.39, 0.29) is 0 Å². The van der Waals surface area contributed by atoms with Gasteiger partial charge in [-0.1, -0.05) is 13.8 Å². The number of alkyl halides is 2. The van der Waals surface area contributed by atoms with Crippen LogP contribution in [-0.2, 0) is 0 Å². The minimum Gasteiger partial charge on any atom is -0.269 e. The lowest BCUT2D eigenvalue weighted by molar-refractivity contribution is 0.0663. The van der Waals surface area contributed by atoms with Crippen molar-refractivity contribution in [3.8, 4) is 0 Å². The first-order chi connectivity index (χ1) is 6.11. The van der Waals surface area contributed by atoms with E-state index in [0.717, 1.165) is 6.20 Å². The van der Waals surface area contributed by atoms with Crippen LogP contribution in [0.15, 0.2) is 23.1 Å². The van der Waals surface area contributed by atoms with Gasteiger partial charge in [0.2, 0.25) is 0 Å². The van der Waals surface area contributed by atoms with Gasteiger partial charge in [0.15, 0.2) is 0 Å². The van der Waals surface area contributed by atoms with Gasteiger partial charge in [0.1, 0.15) is 0 Å². The quantitative estimate of drug-likeness (QED) is 0.665. The lowest BCUT2D eigenvalue weighted by Crippen LogP contribution is -2.18. The highest BCUT2D eigenvalue weighted by atomic mass is 19.3. The molecule has 13 heavy (non-hydrogen) atoms. The van der Waals surface area contributed by atoms with Gasteiger partial charge in [0.05, 0.1) is 0 Å². The molecule has 0 fully saturated rings. The maximum Gasteiger partial charge on any atom is 0.321 e. The molecule has 0 aliphatic rings. The Kier molecular flexibility index (Phi) is 4.96. The minimum absolute atomic E-state index is 0.382. The molecular formula is C9H13F2NO. The van der Waals surface area contributed by atoms with Crippen molar-refractivity contribution < 1.29 is 8.78 Å². The van der Waals surface area contributed by atoms with Crippen molar-refractivity contribution in [1.82, 2.24) is 4.57 Å². The molecule has 0 unspecified atom stereocenters. The van der Waals surface area contributed by atoms with Crippen molar-refractivity contribution in [2.24, 2.45) is 0 Å². The van der Waals surface area contributed by atoms with Crippen LogP contribution in [0.25, 0.3) is 0 Å². The summed E-state index contributed by atoms with van der Waals surface area (Å²) in [6.45, 7) is 2.93. The number of rotatable bonds is 1. The van der Waals surface area contributed by atoms with Gasteiger partial charge < -0.3 is 0 Å². The highest BCUT2D eigenvalue weighted by Crippen LogP contribution is 2.05. The average molecular weight is 189 g/mol. The van der Waals surface area contributed by atoms with Crippen LogP contribution in [0.1, 0.15) is 26.0 Å². The third kappa shape index (κ3) is 3.36. The second-order valence-corrected chi connectivity index (χ2v) is 2.23. The first kappa shape index (κ1) is 11.8. The van der Waals surface area contributed by atoms with E-state index in [1.165, 1.54) is 12.1 Å². The maximum atomic E-state index is 11.9. The summed E-state index contributed by atoms with van der Waals surface area (Å²) in [7, 11) is 0. The first-order valence-corrected chi connectivity index (χ1v) is 4.08. The lowest BCUT2D eigenvalue weighted by atomic mass is 10.3. The second kappa shape index (κ2) is 5.45. The molecule has 2 nitrogen and oxygen atoms in total. The van der Waals surface area contributed by atoms with Gasteiger partial charge in [-0.05, 0) is 18.6 Å². The van der Waals surface area contributed by atoms with Gasteiger partial charge in [-0.3, -0.25) is 9.36 Å². The van der Waals surface area contributed by atoms with E-state index in [0.29, 0.717) is 10.1 Å². The van der Waals surface area contributed by atoms with Crippen molar-refractivity contribution in [2.45, 2.75) is 27.3 Å². The zero-order valence-corrected chi connectivity index (χ0v) is 7.92. The van der Waals surface area contributed by atoms with E-state index in [9.17, 15) is 13.6 Å². The van der Waals surface area contributed by atoms with Crippen LogP contribution in [0.4, 0.5) is 8.78 Å². The topological polar surface area (TPSA) is 22.0 Å². The molecule has 74 valence electrons. The van der Waals surface area contributed by atoms with E-state index >= 15 is 0 Å². The molecule has 1 heterocycles. The fraction of sp³-hybridized carbons (Fsp3) is 0.444. The summed E-state index contributed by atoms with van der Waals surface area (Å²) in [5, 5.41) is 0.